The number of nitrogens with one attached hydrogen (secondary N) is 2. The highest BCUT2D eigenvalue weighted by molar-refractivity contribution is 7.85. The number of unbranched alkanes of at least 4 members (excludes halogenated alkanes) is 2. The molecule has 7 nitrogen and oxygen atoms in total. The monoisotopic (exact) mass is 296 g/mol. The van der Waals surface area contributed by atoms with Crippen molar-refractivity contribution < 1.29 is 13.0 Å². The number of H-pyrrole nitrogens is 2. The highest BCUT2D eigenvalue weighted by Crippen LogP contribution is 2.10. The summed E-state index contributed by atoms with van der Waals surface area (Å²) in [6, 6.07) is 0. The van der Waals surface area contributed by atoms with Crippen molar-refractivity contribution in [2.45, 2.75) is 25.7 Å². The number of hydrogen-bond donors (Lipinski definition) is 3. The predicted octanol–water partition coefficient (Wildman–Crippen LogP) is 0.317. The molecule has 1 heterocycles. The molecule has 0 aliphatic carbocycles. The van der Waals surface area contributed by atoms with Crippen LogP contribution in [0.15, 0.2) is 9.59 Å². The maximum atomic E-state index is 11.4. The molecule has 9 heteroatoms. The van der Waals surface area contributed by atoms with Gasteiger partial charge in [0.05, 0.1) is 11.3 Å². The van der Waals surface area contributed by atoms with Gasteiger partial charge < -0.3 is 0 Å². The SMILES string of the molecule is O=c1[nH]c(Cl)c(CCCCCS(=O)(=O)O)c(=O)[nH]1. The lowest BCUT2D eigenvalue weighted by Gasteiger charge is -2.02. The molecule has 1 aromatic heterocycles. The van der Waals surface area contributed by atoms with Crippen LogP contribution in [0.25, 0.3) is 0 Å². The molecule has 0 spiro atoms. The van der Waals surface area contributed by atoms with E-state index < -0.39 is 21.4 Å². The lowest BCUT2D eigenvalue weighted by atomic mass is 10.1. The van der Waals surface area contributed by atoms with E-state index in [2.05, 4.69) is 9.97 Å². The second kappa shape index (κ2) is 6.17. The molecule has 0 aliphatic rings. The number of aromatic amines is 2. The molecule has 3 N–H and O–H groups in total. The Bertz CT molecular complexity index is 619. The minimum absolute atomic E-state index is 0.00136. The minimum atomic E-state index is -3.93. The smallest absolute Gasteiger partial charge is 0.297 e. The normalized spacial score (nSPS) is 11.7. The maximum absolute atomic E-state index is 11.4. The van der Waals surface area contributed by atoms with Gasteiger partial charge in [-0.05, 0) is 19.3 Å². The van der Waals surface area contributed by atoms with E-state index in [4.69, 9.17) is 16.2 Å². The summed E-state index contributed by atoms with van der Waals surface area (Å²) in [6.45, 7) is 0. The summed E-state index contributed by atoms with van der Waals surface area (Å²) in [7, 11) is -3.93. The van der Waals surface area contributed by atoms with Crippen molar-refractivity contribution in [2.24, 2.45) is 0 Å². The topological polar surface area (TPSA) is 120 Å². The van der Waals surface area contributed by atoms with Crippen LogP contribution in [0.5, 0.6) is 0 Å². The van der Waals surface area contributed by atoms with Crippen LogP contribution in [-0.4, -0.2) is 28.7 Å². The second-order valence-corrected chi connectivity index (χ2v) is 5.75. The fourth-order valence-electron chi connectivity index (χ4n) is 1.47. The van der Waals surface area contributed by atoms with Crippen LogP contribution in [0, 0.1) is 0 Å². The van der Waals surface area contributed by atoms with Gasteiger partial charge in [-0.2, -0.15) is 8.42 Å². The largest absolute Gasteiger partial charge is 0.326 e. The minimum Gasteiger partial charge on any atom is -0.297 e. The summed E-state index contributed by atoms with van der Waals surface area (Å²) in [5, 5.41) is -0.00136. The van der Waals surface area contributed by atoms with E-state index in [9.17, 15) is 18.0 Å². The molecule has 0 amide bonds. The van der Waals surface area contributed by atoms with Gasteiger partial charge in [0.1, 0.15) is 5.15 Å². The Hall–Kier alpha value is -1.12. The number of halogens is 1. The summed E-state index contributed by atoms with van der Waals surface area (Å²) in [5.74, 6) is -0.303. The molecule has 0 radical (unpaired) electrons. The summed E-state index contributed by atoms with van der Waals surface area (Å²) in [4.78, 5) is 26.6. The molecule has 0 unspecified atom stereocenters. The third-order valence-corrected chi connectivity index (χ3v) is 3.45. The molecular weight excluding hydrogens is 284 g/mol. The first-order valence-corrected chi connectivity index (χ1v) is 7.24. The zero-order valence-electron chi connectivity index (χ0n) is 9.40. The molecule has 0 saturated carbocycles. The molecule has 0 aliphatic heterocycles. The highest BCUT2D eigenvalue weighted by atomic mass is 35.5. The lowest BCUT2D eigenvalue weighted by molar-refractivity contribution is 0.479. The Morgan fingerprint density at radius 2 is 1.78 bits per heavy atom. The van der Waals surface area contributed by atoms with Crippen molar-refractivity contribution in [1.29, 1.82) is 0 Å². The van der Waals surface area contributed by atoms with Crippen molar-refractivity contribution in [3.63, 3.8) is 0 Å². The predicted molar refractivity (Wildman–Crippen MR) is 66.7 cm³/mol. The Morgan fingerprint density at radius 3 is 2.33 bits per heavy atom. The van der Waals surface area contributed by atoms with Crippen LogP contribution in [0.1, 0.15) is 24.8 Å². The Labute approximate surface area is 108 Å². The average Bonchev–Trinajstić information content (AvgIpc) is 2.19. The van der Waals surface area contributed by atoms with Gasteiger partial charge >= 0.3 is 5.69 Å². The first kappa shape index (κ1) is 14.9. The lowest BCUT2D eigenvalue weighted by Crippen LogP contribution is -2.25. The van der Waals surface area contributed by atoms with Crippen molar-refractivity contribution in [3.8, 4) is 0 Å². The molecule has 18 heavy (non-hydrogen) atoms. The van der Waals surface area contributed by atoms with Gasteiger partial charge in [-0.3, -0.25) is 19.3 Å². The van der Waals surface area contributed by atoms with Crippen LogP contribution < -0.4 is 11.2 Å². The first-order chi connectivity index (χ1) is 8.29. The number of rotatable bonds is 6. The number of aromatic nitrogens is 2. The molecule has 1 rings (SSSR count). The van der Waals surface area contributed by atoms with Crippen LogP contribution in [-0.2, 0) is 16.5 Å². The molecule has 1 aromatic rings. The van der Waals surface area contributed by atoms with Crippen molar-refractivity contribution in [1.82, 2.24) is 9.97 Å². The van der Waals surface area contributed by atoms with Gasteiger partial charge in [0.15, 0.2) is 0 Å². The fourth-order valence-corrected chi connectivity index (χ4v) is 2.31. The molecular formula is C9H13ClN2O5S. The molecule has 0 aromatic carbocycles. The van der Waals surface area contributed by atoms with E-state index in [0.717, 1.165) is 0 Å². The number of hydrogen-bond acceptors (Lipinski definition) is 4. The Kier molecular flexibility index (Phi) is 5.12. The van der Waals surface area contributed by atoms with E-state index in [1.807, 2.05) is 0 Å². The molecule has 0 bridgehead atoms. The average molecular weight is 297 g/mol. The van der Waals surface area contributed by atoms with Gasteiger partial charge in [0, 0.05) is 0 Å². The second-order valence-electron chi connectivity index (χ2n) is 3.80. The molecule has 0 fully saturated rings. The zero-order chi connectivity index (χ0) is 13.8. The third kappa shape index (κ3) is 5.03. The van der Waals surface area contributed by atoms with Crippen LogP contribution in [0.3, 0.4) is 0 Å². The Morgan fingerprint density at radius 1 is 1.11 bits per heavy atom. The zero-order valence-corrected chi connectivity index (χ0v) is 11.0. The molecule has 102 valence electrons. The summed E-state index contributed by atoms with van der Waals surface area (Å²) >= 11 is 5.71. The van der Waals surface area contributed by atoms with E-state index >= 15 is 0 Å². The Balaban J connectivity index is 2.50. The van der Waals surface area contributed by atoms with E-state index in [1.165, 1.54) is 0 Å². The van der Waals surface area contributed by atoms with Crippen LogP contribution in [0.2, 0.25) is 5.15 Å². The standard InChI is InChI=1S/C9H13ClN2O5S/c10-7-6(8(13)12-9(14)11-7)4-2-1-3-5-18(15,16)17/h1-5H2,(H,15,16,17)(H2,11,12,13,14). The van der Waals surface area contributed by atoms with Gasteiger partial charge in [0.2, 0.25) is 0 Å². The van der Waals surface area contributed by atoms with E-state index in [-0.39, 0.29) is 16.5 Å². The van der Waals surface area contributed by atoms with Gasteiger partial charge in [-0.25, -0.2) is 4.79 Å². The maximum Gasteiger partial charge on any atom is 0.326 e. The first-order valence-electron chi connectivity index (χ1n) is 5.26. The van der Waals surface area contributed by atoms with Gasteiger partial charge in [-0.15, -0.1) is 0 Å². The van der Waals surface area contributed by atoms with E-state index in [0.29, 0.717) is 25.7 Å². The van der Waals surface area contributed by atoms with Crippen molar-refractivity contribution in [2.75, 3.05) is 5.75 Å². The summed E-state index contributed by atoms with van der Waals surface area (Å²) < 4.78 is 29.4. The highest BCUT2D eigenvalue weighted by Gasteiger charge is 2.08. The van der Waals surface area contributed by atoms with Crippen LogP contribution in [0.4, 0.5) is 0 Å². The molecule has 0 saturated heterocycles. The summed E-state index contributed by atoms with van der Waals surface area (Å²) in [6.07, 6.45) is 1.69. The van der Waals surface area contributed by atoms with E-state index in [1.54, 1.807) is 0 Å². The van der Waals surface area contributed by atoms with Crippen molar-refractivity contribution in [3.05, 3.63) is 31.6 Å². The van der Waals surface area contributed by atoms with Gasteiger partial charge in [-0.1, -0.05) is 18.0 Å². The molecule has 0 atom stereocenters. The fraction of sp³-hybridized carbons (Fsp3) is 0.556. The van der Waals surface area contributed by atoms with Gasteiger partial charge in [0.25, 0.3) is 15.7 Å². The van der Waals surface area contributed by atoms with Crippen molar-refractivity contribution >= 4 is 21.7 Å². The third-order valence-electron chi connectivity index (χ3n) is 2.32. The summed E-state index contributed by atoms with van der Waals surface area (Å²) in [5.41, 5.74) is -0.943. The quantitative estimate of drug-likeness (QED) is 0.396. The van der Waals surface area contributed by atoms with Crippen LogP contribution >= 0.6 is 11.6 Å².